The molecule has 0 aliphatic rings. The number of aliphatic hydroxyl groups excluding tert-OH is 1. The Kier molecular flexibility index (Phi) is 4.93. The van der Waals surface area contributed by atoms with Gasteiger partial charge in [0.1, 0.15) is 17.3 Å². The summed E-state index contributed by atoms with van der Waals surface area (Å²) in [5.41, 5.74) is 0.0613. The van der Waals surface area contributed by atoms with Gasteiger partial charge in [-0.2, -0.15) is 4.98 Å². The molecule has 27 heavy (non-hydrogen) atoms. The third kappa shape index (κ3) is 3.95. The van der Waals surface area contributed by atoms with E-state index in [0.717, 1.165) is 12.1 Å². The van der Waals surface area contributed by atoms with Crippen LogP contribution >= 0.6 is 0 Å². The molecule has 0 atom stereocenters. The van der Waals surface area contributed by atoms with Gasteiger partial charge < -0.3 is 10.4 Å². The highest BCUT2D eigenvalue weighted by Gasteiger charge is 2.18. The van der Waals surface area contributed by atoms with E-state index in [1.54, 1.807) is 33.2 Å². The second-order valence-corrected chi connectivity index (χ2v) is 7.09. The molecule has 0 bridgehead atoms. The van der Waals surface area contributed by atoms with Crippen LogP contribution in [0.3, 0.4) is 0 Å². The van der Waals surface area contributed by atoms with Crippen LogP contribution in [-0.2, 0) is 13.5 Å². The van der Waals surface area contributed by atoms with Gasteiger partial charge in [-0.25, -0.2) is 13.8 Å². The van der Waals surface area contributed by atoms with Crippen LogP contribution in [-0.4, -0.2) is 31.8 Å². The predicted octanol–water partition coefficient (Wildman–Crippen LogP) is 2.38. The molecule has 0 saturated carbocycles. The van der Waals surface area contributed by atoms with Crippen molar-refractivity contribution in [3.05, 3.63) is 63.6 Å². The molecule has 6 nitrogen and oxygen atoms in total. The van der Waals surface area contributed by atoms with Crippen molar-refractivity contribution in [1.29, 1.82) is 0 Å². The van der Waals surface area contributed by atoms with Gasteiger partial charge in [-0.1, -0.05) is 6.07 Å². The fourth-order valence-corrected chi connectivity index (χ4v) is 2.71. The molecule has 0 radical (unpaired) electrons. The third-order valence-electron chi connectivity index (χ3n) is 4.26. The summed E-state index contributed by atoms with van der Waals surface area (Å²) < 4.78 is 28.4. The lowest BCUT2D eigenvalue weighted by Crippen LogP contribution is -2.35. The second-order valence-electron chi connectivity index (χ2n) is 7.09. The maximum atomic E-state index is 13.9. The van der Waals surface area contributed by atoms with Crippen LogP contribution < -0.4 is 10.9 Å². The van der Waals surface area contributed by atoms with Gasteiger partial charge in [0, 0.05) is 36.7 Å². The molecule has 0 aliphatic heterocycles. The summed E-state index contributed by atoms with van der Waals surface area (Å²) in [7, 11) is 1.57. The third-order valence-corrected chi connectivity index (χ3v) is 4.26. The summed E-state index contributed by atoms with van der Waals surface area (Å²) in [5, 5.41) is 13.0. The average Bonchev–Trinajstić information content (AvgIpc) is 2.62. The number of hydrogen-bond acceptors (Lipinski definition) is 5. The van der Waals surface area contributed by atoms with Gasteiger partial charge in [-0.3, -0.25) is 9.36 Å². The second kappa shape index (κ2) is 7.03. The molecular formula is C19H20F2N4O2. The minimum Gasteiger partial charge on any atom is -0.394 e. The van der Waals surface area contributed by atoms with Crippen LogP contribution in [0.5, 0.6) is 0 Å². The number of rotatable bonds is 5. The smallest absolute Gasteiger partial charge is 0.255 e. The molecule has 3 aromatic rings. The molecule has 8 heteroatoms. The monoisotopic (exact) mass is 374 g/mol. The maximum absolute atomic E-state index is 13.9. The van der Waals surface area contributed by atoms with E-state index < -0.39 is 17.2 Å². The minimum absolute atomic E-state index is 0.0340. The highest BCUT2D eigenvalue weighted by Crippen LogP contribution is 2.18. The van der Waals surface area contributed by atoms with Gasteiger partial charge in [0.25, 0.3) is 5.56 Å². The zero-order chi connectivity index (χ0) is 19.8. The van der Waals surface area contributed by atoms with Crippen molar-refractivity contribution in [3.8, 4) is 0 Å². The molecule has 1 aromatic carbocycles. The molecule has 0 saturated heterocycles. The van der Waals surface area contributed by atoms with E-state index in [-0.39, 0.29) is 30.1 Å². The lowest BCUT2D eigenvalue weighted by Gasteiger charge is -2.23. The topological polar surface area (TPSA) is 80.0 Å². The summed E-state index contributed by atoms with van der Waals surface area (Å²) in [4.78, 5) is 21.2. The Morgan fingerprint density at radius 3 is 2.63 bits per heavy atom. The van der Waals surface area contributed by atoms with Crippen molar-refractivity contribution >= 4 is 17.0 Å². The number of nitrogens with zero attached hydrogens (tertiary/aromatic N) is 3. The molecule has 0 aliphatic carbocycles. The largest absolute Gasteiger partial charge is 0.394 e. The number of nitrogens with one attached hydrogen (secondary N) is 1. The van der Waals surface area contributed by atoms with Gasteiger partial charge in [-0.15, -0.1) is 0 Å². The van der Waals surface area contributed by atoms with Gasteiger partial charge in [-0.05, 0) is 31.5 Å². The first-order valence-electron chi connectivity index (χ1n) is 8.39. The number of anilines is 1. The van der Waals surface area contributed by atoms with Crippen LogP contribution in [0.15, 0.2) is 35.3 Å². The minimum atomic E-state index is -0.695. The highest BCUT2D eigenvalue weighted by atomic mass is 19.1. The summed E-state index contributed by atoms with van der Waals surface area (Å²) in [6, 6.07) is 4.90. The molecule has 3 rings (SSSR count). The number of benzene rings is 1. The molecular weight excluding hydrogens is 354 g/mol. The van der Waals surface area contributed by atoms with Crippen molar-refractivity contribution in [2.24, 2.45) is 7.05 Å². The fourth-order valence-electron chi connectivity index (χ4n) is 2.71. The summed E-state index contributed by atoms with van der Waals surface area (Å²) in [6.07, 6.45) is 1.59. The van der Waals surface area contributed by atoms with Crippen LogP contribution in [0.1, 0.15) is 25.0 Å². The van der Waals surface area contributed by atoms with Crippen molar-refractivity contribution in [1.82, 2.24) is 14.5 Å². The molecule has 0 fully saturated rings. The van der Waals surface area contributed by atoms with Crippen LogP contribution in [0.4, 0.5) is 14.7 Å². The number of fused-ring (bicyclic) bond motifs is 1. The quantitative estimate of drug-likeness (QED) is 0.717. The maximum Gasteiger partial charge on any atom is 0.255 e. The highest BCUT2D eigenvalue weighted by molar-refractivity contribution is 5.76. The fraction of sp³-hybridized carbons (Fsp3) is 0.316. The zero-order valence-corrected chi connectivity index (χ0v) is 15.3. The molecule has 2 aromatic heterocycles. The van der Waals surface area contributed by atoms with E-state index >= 15 is 0 Å². The normalized spacial score (nSPS) is 11.8. The first kappa shape index (κ1) is 18.9. The molecule has 142 valence electrons. The number of hydrogen-bond donors (Lipinski definition) is 2. The van der Waals surface area contributed by atoms with Gasteiger partial charge in [0.2, 0.25) is 5.95 Å². The van der Waals surface area contributed by atoms with Gasteiger partial charge in [0.05, 0.1) is 12.1 Å². The molecule has 0 spiro atoms. The number of halogens is 2. The Morgan fingerprint density at radius 1 is 1.22 bits per heavy atom. The van der Waals surface area contributed by atoms with Crippen LogP contribution in [0.2, 0.25) is 0 Å². The summed E-state index contributed by atoms with van der Waals surface area (Å²) in [5.74, 6) is -1.07. The van der Waals surface area contributed by atoms with Crippen molar-refractivity contribution < 1.29 is 13.9 Å². The van der Waals surface area contributed by atoms with E-state index in [2.05, 4.69) is 15.3 Å². The van der Waals surface area contributed by atoms with Crippen molar-refractivity contribution in [3.63, 3.8) is 0 Å². The summed E-state index contributed by atoms with van der Waals surface area (Å²) >= 11 is 0. The Labute approximate surface area is 154 Å². The summed E-state index contributed by atoms with van der Waals surface area (Å²) in [6.45, 7) is 3.47. The van der Waals surface area contributed by atoms with Crippen molar-refractivity contribution in [2.45, 2.75) is 25.8 Å². The Morgan fingerprint density at radius 2 is 1.96 bits per heavy atom. The zero-order valence-electron chi connectivity index (χ0n) is 15.3. The Hall–Kier alpha value is -2.87. The van der Waals surface area contributed by atoms with E-state index in [1.165, 1.54) is 10.6 Å². The Balaban J connectivity index is 2.02. The molecule has 0 unspecified atom stereocenters. The predicted molar refractivity (Wildman–Crippen MR) is 98.7 cm³/mol. The lowest BCUT2D eigenvalue weighted by molar-refractivity contribution is 0.233. The molecule has 2 heterocycles. The van der Waals surface area contributed by atoms with Crippen LogP contribution in [0, 0.1) is 11.6 Å². The number of aryl methyl sites for hydroxylation is 1. The Bertz CT molecular complexity index is 1060. The first-order valence-corrected chi connectivity index (χ1v) is 8.39. The first-order chi connectivity index (χ1) is 12.7. The number of aromatic nitrogens is 3. The molecule has 0 amide bonds. The van der Waals surface area contributed by atoms with E-state index in [0.29, 0.717) is 16.6 Å². The lowest BCUT2D eigenvalue weighted by atomic mass is 10.0. The van der Waals surface area contributed by atoms with Crippen LogP contribution in [0.25, 0.3) is 11.0 Å². The van der Waals surface area contributed by atoms with Gasteiger partial charge >= 0.3 is 0 Å². The SMILES string of the molecule is Cn1c(=O)c(Cc2ccc(F)cc2F)cc2cnc(NC(C)(C)CO)nc21. The van der Waals surface area contributed by atoms with E-state index in [4.69, 9.17) is 0 Å². The van der Waals surface area contributed by atoms with E-state index in [1.807, 2.05) is 0 Å². The van der Waals surface area contributed by atoms with E-state index in [9.17, 15) is 18.7 Å². The number of aliphatic hydroxyl groups is 1. The standard InChI is InChI=1S/C19H20F2N4O2/c1-19(2,10-26)24-18-22-9-13-7-12(17(27)25(3)16(13)23-18)6-11-4-5-14(20)8-15(11)21/h4-5,7-9,26H,6,10H2,1-3H3,(H,22,23,24). The average molecular weight is 374 g/mol. The number of pyridine rings is 1. The molecule has 2 N–H and O–H groups in total. The van der Waals surface area contributed by atoms with Crippen molar-refractivity contribution in [2.75, 3.05) is 11.9 Å². The van der Waals surface area contributed by atoms with Gasteiger partial charge in [0.15, 0.2) is 0 Å².